The van der Waals surface area contributed by atoms with E-state index in [-0.39, 0.29) is 11.0 Å². The monoisotopic (exact) mass is 270 g/mol. The van der Waals surface area contributed by atoms with E-state index in [1.54, 1.807) is 23.1 Å². The first-order valence-corrected chi connectivity index (χ1v) is 7.71. The Labute approximate surface area is 107 Å². The van der Waals surface area contributed by atoms with Crippen molar-refractivity contribution in [2.75, 3.05) is 6.26 Å². The smallest absolute Gasteiger partial charge is 0.169 e. The molecule has 2 heterocycles. The second-order valence-corrected chi connectivity index (χ2v) is 6.54. The van der Waals surface area contributed by atoms with Gasteiger partial charge in [0.15, 0.2) is 12.1 Å². The molecule has 1 unspecified atom stereocenters. The summed E-state index contributed by atoms with van der Waals surface area (Å²) in [6.07, 6.45) is 3.02. The average Bonchev–Trinajstić information content (AvgIpc) is 2.81. The third kappa shape index (κ3) is 2.26. The van der Waals surface area contributed by atoms with E-state index in [2.05, 4.69) is 0 Å². The second-order valence-electron chi connectivity index (χ2n) is 3.27. The lowest BCUT2D eigenvalue weighted by Crippen LogP contribution is -2.14. The predicted octanol–water partition coefficient (Wildman–Crippen LogP) is 3.27. The Morgan fingerprint density at radius 1 is 1.56 bits per heavy atom. The standard InChI is InChI=1S/C11H10O2S3/c1-14-11-7(6-12)8(13)5-10(16-11)9-3-2-4-15-9/h2-4,6,10H,5H2,1H3. The Kier molecular flexibility index (Phi) is 3.89. The molecule has 1 atom stereocenters. The molecule has 5 heteroatoms. The molecule has 0 bridgehead atoms. The van der Waals surface area contributed by atoms with Gasteiger partial charge in [0.2, 0.25) is 0 Å². The van der Waals surface area contributed by atoms with Crippen LogP contribution >= 0.6 is 34.9 Å². The molecule has 0 spiro atoms. The molecule has 0 radical (unpaired) electrons. The number of hydrogen-bond donors (Lipinski definition) is 0. The number of thiophene rings is 1. The summed E-state index contributed by atoms with van der Waals surface area (Å²) in [5.74, 6) is -0.0310. The first-order chi connectivity index (χ1) is 7.76. The maximum absolute atomic E-state index is 11.8. The summed E-state index contributed by atoms with van der Waals surface area (Å²) in [5, 5.41) is 2.19. The van der Waals surface area contributed by atoms with Crippen LogP contribution in [0.2, 0.25) is 0 Å². The van der Waals surface area contributed by atoms with Crippen LogP contribution in [0.4, 0.5) is 0 Å². The van der Waals surface area contributed by atoms with Gasteiger partial charge in [-0.2, -0.15) is 0 Å². The molecule has 1 aromatic heterocycles. The minimum atomic E-state index is -0.0310. The van der Waals surface area contributed by atoms with Gasteiger partial charge in [-0.25, -0.2) is 0 Å². The molecule has 2 nitrogen and oxygen atoms in total. The highest BCUT2D eigenvalue weighted by atomic mass is 32.2. The summed E-state index contributed by atoms with van der Waals surface area (Å²) >= 11 is 4.76. The fraction of sp³-hybridized carbons (Fsp3) is 0.273. The highest BCUT2D eigenvalue weighted by molar-refractivity contribution is 8.22. The van der Waals surface area contributed by atoms with Gasteiger partial charge in [0.25, 0.3) is 0 Å². The van der Waals surface area contributed by atoms with Gasteiger partial charge in [0.1, 0.15) is 0 Å². The van der Waals surface area contributed by atoms with Crippen LogP contribution in [0, 0.1) is 0 Å². The zero-order valence-corrected chi connectivity index (χ0v) is 11.1. The van der Waals surface area contributed by atoms with Crippen molar-refractivity contribution in [3.63, 3.8) is 0 Å². The van der Waals surface area contributed by atoms with E-state index in [4.69, 9.17) is 0 Å². The van der Waals surface area contributed by atoms with Crippen LogP contribution in [-0.2, 0) is 9.59 Å². The summed E-state index contributed by atoms with van der Waals surface area (Å²) in [4.78, 5) is 23.8. The first-order valence-electron chi connectivity index (χ1n) is 4.73. The van der Waals surface area contributed by atoms with Gasteiger partial charge in [-0.3, -0.25) is 9.59 Å². The molecule has 1 aliphatic heterocycles. The van der Waals surface area contributed by atoms with E-state index in [1.165, 1.54) is 16.6 Å². The quantitative estimate of drug-likeness (QED) is 0.623. The predicted molar refractivity (Wildman–Crippen MR) is 70.9 cm³/mol. The van der Waals surface area contributed by atoms with Crippen molar-refractivity contribution in [1.82, 2.24) is 0 Å². The van der Waals surface area contributed by atoms with Crippen LogP contribution in [0.5, 0.6) is 0 Å². The maximum Gasteiger partial charge on any atom is 0.169 e. The zero-order valence-electron chi connectivity index (χ0n) is 8.64. The van der Waals surface area contributed by atoms with Crippen molar-refractivity contribution in [2.45, 2.75) is 11.7 Å². The lowest BCUT2D eigenvalue weighted by Gasteiger charge is -2.21. The van der Waals surface area contributed by atoms with E-state index < -0.39 is 0 Å². The Balaban J connectivity index is 2.29. The van der Waals surface area contributed by atoms with Gasteiger partial charge >= 0.3 is 0 Å². The number of aldehydes is 1. The minimum absolute atomic E-state index is 0.0310. The molecule has 16 heavy (non-hydrogen) atoms. The Morgan fingerprint density at radius 3 is 2.94 bits per heavy atom. The summed E-state index contributed by atoms with van der Waals surface area (Å²) in [7, 11) is 0. The first kappa shape index (κ1) is 12.0. The largest absolute Gasteiger partial charge is 0.298 e. The lowest BCUT2D eigenvalue weighted by atomic mass is 10.1. The second kappa shape index (κ2) is 5.21. The van der Waals surface area contributed by atoms with E-state index >= 15 is 0 Å². The Bertz CT molecular complexity index is 434. The van der Waals surface area contributed by atoms with Crippen LogP contribution in [0.1, 0.15) is 16.5 Å². The molecule has 0 N–H and O–H groups in total. The molecule has 1 aromatic rings. The molecule has 2 rings (SSSR count). The average molecular weight is 270 g/mol. The van der Waals surface area contributed by atoms with Crippen molar-refractivity contribution in [3.05, 3.63) is 32.2 Å². The van der Waals surface area contributed by atoms with Crippen molar-refractivity contribution in [2.24, 2.45) is 0 Å². The van der Waals surface area contributed by atoms with E-state index in [0.29, 0.717) is 18.3 Å². The molecular weight excluding hydrogens is 260 g/mol. The number of ketones is 1. The van der Waals surface area contributed by atoms with E-state index in [0.717, 1.165) is 4.24 Å². The van der Waals surface area contributed by atoms with Crippen molar-refractivity contribution in [1.29, 1.82) is 0 Å². The third-order valence-corrected chi connectivity index (χ3v) is 5.96. The highest BCUT2D eigenvalue weighted by Gasteiger charge is 2.29. The van der Waals surface area contributed by atoms with Crippen molar-refractivity contribution in [3.8, 4) is 0 Å². The van der Waals surface area contributed by atoms with Crippen molar-refractivity contribution >= 4 is 46.9 Å². The molecule has 84 valence electrons. The lowest BCUT2D eigenvalue weighted by molar-refractivity contribution is -0.117. The van der Waals surface area contributed by atoms with Gasteiger partial charge in [-0.15, -0.1) is 34.9 Å². The molecule has 0 saturated carbocycles. The number of Topliss-reactive ketones (excluding diaryl/α,β-unsaturated/α-hetero) is 1. The number of hydrogen-bond acceptors (Lipinski definition) is 5. The zero-order chi connectivity index (χ0) is 11.5. The molecular formula is C11H10O2S3. The summed E-state index contributed by atoms with van der Waals surface area (Å²) < 4.78 is 0.852. The third-order valence-electron chi connectivity index (χ3n) is 2.30. The van der Waals surface area contributed by atoms with Crippen LogP contribution in [0.25, 0.3) is 0 Å². The molecule has 0 aliphatic carbocycles. The van der Waals surface area contributed by atoms with E-state index in [9.17, 15) is 9.59 Å². The molecule has 0 fully saturated rings. The molecule has 0 amide bonds. The van der Waals surface area contributed by atoms with E-state index in [1.807, 2.05) is 23.8 Å². The van der Waals surface area contributed by atoms with Gasteiger partial charge in [-0.1, -0.05) is 6.07 Å². The Hall–Kier alpha value is -0.520. The maximum atomic E-state index is 11.8. The fourth-order valence-corrected chi connectivity index (χ4v) is 4.64. The normalized spacial score (nSPS) is 21.3. The summed E-state index contributed by atoms with van der Waals surface area (Å²) in [5.41, 5.74) is 0.352. The van der Waals surface area contributed by atoms with Gasteiger partial charge in [0.05, 0.1) is 15.1 Å². The Morgan fingerprint density at radius 2 is 2.38 bits per heavy atom. The van der Waals surface area contributed by atoms with Gasteiger partial charge in [0, 0.05) is 11.3 Å². The number of allylic oxidation sites excluding steroid dienone is 1. The number of thioether (sulfide) groups is 2. The highest BCUT2D eigenvalue weighted by Crippen LogP contribution is 2.47. The van der Waals surface area contributed by atoms with Crippen LogP contribution in [0.15, 0.2) is 27.3 Å². The van der Waals surface area contributed by atoms with Crippen LogP contribution < -0.4 is 0 Å². The van der Waals surface area contributed by atoms with Crippen molar-refractivity contribution < 1.29 is 9.59 Å². The van der Waals surface area contributed by atoms with Crippen LogP contribution in [-0.4, -0.2) is 18.3 Å². The molecule has 0 aromatic carbocycles. The van der Waals surface area contributed by atoms with Crippen LogP contribution in [0.3, 0.4) is 0 Å². The topological polar surface area (TPSA) is 34.1 Å². The minimum Gasteiger partial charge on any atom is -0.298 e. The summed E-state index contributed by atoms with van der Waals surface area (Å²) in [6, 6.07) is 4.03. The molecule has 1 aliphatic rings. The number of carbonyl (C=O) groups excluding carboxylic acids is 2. The van der Waals surface area contributed by atoms with Gasteiger partial charge in [-0.05, 0) is 17.7 Å². The number of rotatable bonds is 3. The number of carbonyl (C=O) groups is 2. The van der Waals surface area contributed by atoms with Gasteiger partial charge < -0.3 is 0 Å². The summed E-state index contributed by atoms with van der Waals surface area (Å²) in [6.45, 7) is 0. The molecule has 0 saturated heterocycles. The fourth-order valence-electron chi connectivity index (χ4n) is 1.53. The SMILES string of the molecule is CSC1=C(C=O)C(=O)CC(c2cccs2)S1.